The van der Waals surface area contributed by atoms with Crippen LogP contribution in [0.25, 0.3) is 16.8 Å². The Hall–Kier alpha value is -3.46. The SMILES string of the molecule is CC(C)(C)C1=CC(=c2ccc(=C3C=C(C(C)(C)C)C(=O)C(C(C)(C)C)=C3)n2-c2ccccc2)C=C(C(C)(C)C)C1=O. The number of allylic oxidation sites excluding steroid dienone is 8. The second kappa shape index (κ2) is 10.1. The van der Waals surface area contributed by atoms with Crippen LogP contribution in [-0.2, 0) is 9.59 Å². The number of ketones is 2. The summed E-state index contributed by atoms with van der Waals surface area (Å²) in [5.74, 6) is 0.255. The summed E-state index contributed by atoms with van der Waals surface area (Å²) in [5.41, 5.74) is 5.16. The van der Waals surface area contributed by atoms with Crippen molar-refractivity contribution in [1.82, 2.24) is 4.57 Å². The molecule has 1 aromatic carbocycles. The molecule has 0 unspecified atom stereocenters. The fourth-order valence-electron chi connectivity index (χ4n) is 5.52. The number of hydrogen-bond acceptors (Lipinski definition) is 2. The van der Waals surface area contributed by atoms with Crippen LogP contribution in [-0.4, -0.2) is 16.1 Å². The maximum Gasteiger partial charge on any atom is 0.186 e. The molecular formula is C38H47NO2. The van der Waals surface area contributed by atoms with Gasteiger partial charge in [0.05, 0.1) is 10.7 Å². The van der Waals surface area contributed by atoms with Gasteiger partial charge in [0.1, 0.15) is 0 Å². The van der Waals surface area contributed by atoms with E-state index < -0.39 is 0 Å². The summed E-state index contributed by atoms with van der Waals surface area (Å²) >= 11 is 0. The van der Waals surface area contributed by atoms with E-state index in [2.05, 4.69) is 136 Å². The van der Waals surface area contributed by atoms with Crippen molar-refractivity contribution in [3.05, 3.63) is 99.8 Å². The quantitative estimate of drug-likeness (QED) is 0.364. The summed E-state index contributed by atoms with van der Waals surface area (Å²) in [6.45, 7) is 25.3. The van der Waals surface area contributed by atoms with Crippen molar-refractivity contribution in [1.29, 1.82) is 0 Å². The molecule has 3 heteroatoms. The van der Waals surface area contributed by atoms with Gasteiger partial charge in [0.25, 0.3) is 0 Å². The van der Waals surface area contributed by atoms with Crippen molar-refractivity contribution in [2.45, 2.75) is 83.1 Å². The Morgan fingerprint density at radius 2 is 0.732 bits per heavy atom. The molecule has 2 aliphatic rings. The van der Waals surface area contributed by atoms with E-state index in [1.807, 2.05) is 18.2 Å². The van der Waals surface area contributed by atoms with Crippen LogP contribution in [0.1, 0.15) is 83.1 Å². The third-order valence-electron chi connectivity index (χ3n) is 7.90. The lowest BCUT2D eigenvalue weighted by molar-refractivity contribution is -0.114. The molecule has 0 fully saturated rings. The van der Waals surface area contributed by atoms with E-state index in [0.29, 0.717) is 0 Å². The van der Waals surface area contributed by atoms with Gasteiger partial charge in [0.15, 0.2) is 11.6 Å². The van der Waals surface area contributed by atoms with E-state index >= 15 is 0 Å². The number of nitrogens with zero attached hydrogens (tertiary/aromatic N) is 1. The first-order valence-electron chi connectivity index (χ1n) is 14.7. The van der Waals surface area contributed by atoms with Gasteiger partial charge >= 0.3 is 0 Å². The summed E-state index contributed by atoms with van der Waals surface area (Å²) < 4.78 is 2.28. The summed E-state index contributed by atoms with van der Waals surface area (Å²) in [5, 5.41) is 2.03. The first kappa shape index (κ1) is 30.5. The molecule has 0 saturated carbocycles. The Morgan fingerprint density at radius 3 is 1.00 bits per heavy atom. The van der Waals surface area contributed by atoms with Crippen LogP contribution >= 0.6 is 0 Å². The highest BCUT2D eigenvalue weighted by Gasteiger charge is 2.36. The minimum absolute atomic E-state index is 0.127. The van der Waals surface area contributed by atoms with E-state index in [0.717, 1.165) is 49.8 Å². The normalized spacial score (nSPS) is 17.4. The van der Waals surface area contributed by atoms with Crippen molar-refractivity contribution in [2.24, 2.45) is 21.7 Å². The number of para-hydroxylation sites is 1. The highest BCUT2D eigenvalue weighted by atomic mass is 16.1. The molecule has 0 N–H and O–H groups in total. The highest BCUT2D eigenvalue weighted by molar-refractivity contribution is 6.15. The Morgan fingerprint density at radius 1 is 0.439 bits per heavy atom. The molecule has 216 valence electrons. The molecule has 0 aliphatic heterocycles. The van der Waals surface area contributed by atoms with E-state index in [-0.39, 0.29) is 33.2 Å². The van der Waals surface area contributed by atoms with E-state index in [4.69, 9.17) is 0 Å². The lowest BCUT2D eigenvalue weighted by Gasteiger charge is -2.31. The molecule has 0 spiro atoms. The van der Waals surface area contributed by atoms with Crippen molar-refractivity contribution < 1.29 is 9.59 Å². The van der Waals surface area contributed by atoms with Crippen molar-refractivity contribution >= 4 is 22.7 Å². The van der Waals surface area contributed by atoms with Crippen molar-refractivity contribution in [3.63, 3.8) is 0 Å². The van der Waals surface area contributed by atoms with Crippen LogP contribution < -0.4 is 10.7 Å². The standard InChI is InChI=1S/C38H47NO2/c1-35(2,3)27-20-24(21-28(33(27)40)36(4,5)6)31-18-19-32(39(31)26-16-14-13-15-17-26)25-22-29(37(7,8)9)34(41)30(23-25)38(10,11)12/h13-23H,1-12H3. The molecule has 1 aromatic heterocycles. The molecule has 41 heavy (non-hydrogen) atoms. The molecule has 0 amide bonds. The van der Waals surface area contributed by atoms with Gasteiger partial charge < -0.3 is 4.57 Å². The summed E-state index contributed by atoms with van der Waals surface area (Å²) in [4.78, 5) is 27.4. The molecule has 4 rings (SSSR count). The summed E-state index contributed by atoms with van der Waals surface area (Å²) in [7, 11) is 0. The number of benzene rings is 1. The second-order valence-corrected chi connectivity index (χ2v) is 15.6. The lowest BCUT2D eigenvalue weighted by atomic mass is 9.72. The van der Waals surface area contributed by atoms with Gasteiger partial charge in [0.2, 0.25) is 0 Å². The van der Waals surface area contributed by atoms with Gasteiger partial charge in [-0.1, -0.05) is 101 Å². The highest BCUT2D eigenvalue weighted by Crippen LogP contribution is 2.40. The van der Waals surface area contributed by atoms with Crippen LogP contribution in [0.15, 0.2) is 89.1 Å². The second-order valence-electron chi connectivity index (χ2n) is 15.6. The van der Waals surface area contributed by atoms with E-state index in [1.54, 1.807) is 0 Å². The maximum atomic E-state index is 13.7. The smallest absolute Gasteiger partial charge is 0.186 e. The van der Waals surface area contributed by atoms with Gasteiger partial charge in [-0.25, -0.2) is 0 Å². The summed E-state index contributed by atoms with van der Waals surface area (Å²) in [6.07, 6.45) is 8.33. The van der Waals surface area contributed by atoms with Crippen LogP contribution in [0, 0.1) is 21.7 Å². The number of rotatable bonds is 1. The molecule has 1 heterocycles. The molecular weight excluding hydrogens is 502 g/mol. The third-order valence-corrected chi connectivity index (χ3v) is 7.90. The minimum atomic E-state index is -0.298. The first-order valence-corrected chi connectivity index (χ1v) is 14.7. The Bertz CT molecular complexity index is 1480. The van der Waals surface area contributed by atoms with Gasteiger partial charge in [-0.3, -0.25) is 9.59 Å². The van der Waals surface area contributed by atoms with E-state index in [9.17, 15) is 9.59 Å². The van der Waals surface area contributed by atoms with Crippen LogP contribution in [0.3, 0.4) is 0 Å². The number of Topliss-reactive ketones (excluding diaryl/α,β-unsaturated/α-hetero) is 2. The van der Waals surface area contributed by atoms with Gasteiger partial charge in [-0.05, 0) is 81.4 Å². The zero-order chi connectivity index (χ0) is 30.7. The Labute approximate surface area is 246 Å². The zero-order valence-electron chi connectivity index (χ0n) is 27.1. The fraction of sp³-hybridized carbons (Fsp3) is 0.421. The van der Waals surface area contributed by atoms with Gasteiger partial charge in [-0.2, -0.15) is 0 Å². The Kier molecular flexibility index (Phi) is 7.53. The number of carbonyl (C=O) groups excluding carboxylic acids is 2. The van der Waals surface area contributed by atoms with Crippen molar-refractivity contribution in [2.75, 3.05) is 0 Å². The van der Waals surface area contributed by atoms with Crippen LogP contribution in [0.5, 0.6) is 0 Å². The predicted molar refractivity (Wildman–Crippen MR) is 172 cm³/mol. The molecule has 2 aromatic rings. The fourth-order valence-corrected chi connectivity index (χ4v) is 5.52. The van der Waals surface area contributed by atoms with Gasteiger partial charge in [-0.15, -0.1) is 0 Å². The molecule has 0 bridgehead atoms. The Balaban J connectivity index is 2.23. The largest absolute Gasteiger partial charge is 0.309 e. The first-order chi connectivity index (χ1) is 18.7. The topological polar surface area (TPSA) is 39.1 Å². The van der Waals surface area contributed by atoms with Crippen LogP contribution in [0.2, 0.25) is 0 Å². The molecule has 3 nitrogen and oxygen atoms in total. The third kappa shape index (κ3) is 5.96. The van der Waals surface area contributed by atoms with Crippen LogP contribution in [0.4, 0.5) is 0 Å². The number of hydrogen-bond donors (Lipinski definition) is 0. The van der Waals surface area contributed by atoms with E-state index in [1.165, 1.54) is 0 Å². The maximum absolute atomic E-state index is 13.7. The lowest BCUT2D eigenvalue weighted by Crippen LogP contribution is -2.32. The average molecular weight is 550 g/mol. The monoisotopic (exact) mass is 549 g/mol. The zero-order valence-corrected chi connectivity index (χ0v) is 27.1. The molecule has 0 radical (unpaired) electrons. The van der Waals surface area contributed by atoms with Gasteiger partial charge in [0, 0.05) is 28.0 Å². The summed E-state index contributed by atoms with van der Waals surface area (Å²) in [6, 6.07) is 14.7. The average Bonchev–Trinajstić information content (AvgIpc) is 3.27. The van der Waals surface area contributed by atoms with Crippen molar-refractivity contribution in [3.8, 4) is 5.69 Å². The molecule has 2 aliphatic carbocycles. The minimum Gasteiger partial charge on any atom is -0.309 e. The molecule has 0 saturated heterocycles. The predicted octanol–water partition coefficient (Wildman–Crippen LogP) is 7.83. The number of aromatic nitrogens is 1. The number of carbonyl (C=O) groups is 2. The molecule has 0 atom stereocenters.